The summed E-state index contributed by atoms with van der Waals surface area (Å²) in [7, 11) is 0. The average Bonchev–Trinajstić information content (AvgIpc) is 2.59. The van der Waals surface area contributed by atoms with Gasteiger partial charge >= 0.3 is 5.97 Å². The highest BCUT2D eigenvalue weighted by atomic mass is 16.6. The largest absolute Gasteiger partial charge is 0.452 e. The quantitative estimate of drug-likeness (QED) is 0.493. The predicted octanol–water partition coefficient (Wildman–Crippen LogP) is 3.26. The molecule has 0 aromatic heterocycles. The number of aryl methyl sites for hydroxylation is 2. The van der Waals surface area contributed by atoms with E-state index in [1.165, 1.54) is 25.1 Å². The number of esters is 1. The van der Waals surface area contributed by atoms with Crippen LogP contribution in [0.5, 0.6) is 0 Å². The molecule has 0 radical (unpaired) electrons. The Hall–Kier alpha value is -3.22. The molecule has 7 nitrogen and oxygen atoms in total. The van der Waals surface area contributed by atoms with Crippen LogP contribution in [0.3, 0.4) is 0 Å². The van der Waals surface area contributed by atoms with Crippen molar-refractivity contribution in [3.8, 4) is 0 Å². The predicted molar refractivity (Wildman–Crippen MR) is 92.6 cm³/mol. The van der Waals surface area contributed by atoms with E-state index in [1.807, 2.05) is 19.1 Å². The number of anilines is 1. The number of rotatable bonds is 6. The minimum absolute atomic E-state index is 0.0783. The number of benzene rings is 2. The SMILES string of the molecule is CCc1ccccc1NC(=O)COC(=O)c1ccc([N+](=O)[O-])c(C)c1. The monoisotopic (exact) mass is 342 g/mol. The summed E-state index contributed by atoms with van der Waals surface area (Å²) in [6.07, 6.45) is 0.762. The van der Waals surface area contributed by atoms with E-state index in [4.69, 9.17) is 4.74 Å². The van der Waals surface area contributed by atoms with Crippen LogP contribution < -0.4 is 5.32 Å². The second-order valence-electron chi connectivity index (χ2n) is 5.39. The number of nitro benzene ring substituents is 1. The molecular weight excluding hydrogens is 324 g/mol. The minimum Gasteiger partial charge on any atom is -0.452 e. The van der Waals surface area contributed by atoms with Crippen LogP contribution in [0.1, 0.15) is 28.4 Å². The van der Waals surface area contributed by atoms with Gasteiger partial charge in [-0.2, -0.15) is 0 Å². The van der Waals surface area contributed by atoms with Gasteiger partial charge in [0.25, 0.3) is 11.6 Å². The van der Waals surface area contributed by atoms with Gasteiger partial charge in [-0.05, 0) is 37.1 Å². The van der Waals surface area contributed by atoms with Crippen molar-refractivity contribution in [1.29, 1.82) is 0 Å². The summed E-state index contributed by atoms with van der Waals surface area (Å²) in [5.74, 6) is -1.16. The molecule has 7 heteroatoms. The fraction of sp³-hybridized carbons (Fsp3) is 0.222. The van der Waals surface area contributed by atoms with Gasteiger partial charge < -0.3 is 10.1 Å². The molecule has 2 rings (SSSR count). The van der Waals surface area contributed by atoms with E-state index in [-0.39, 0.29) is 11.3 Å². The third kappa shape index (κ3) is 4.63. The topological polar surface area (TPSA) is 98.5 Å². The van der Waals surface area contributed by atoms with E-state index in [0.29, 0.717) is 11.3 Å². The fourth-order valence-corrected chi connectivity index (χ4v) is 2.34. The Morgan fingerprint density at radius 3 is 2.56 bits per heavy atom. The zero-order valence-electron chi connectivity index (χ0n) is 13.9. The molecule has 0 aliphatic rings. The second-order valence-corrected chi connectivity index (χ2v) is 5.39. The number of carbonyl (C=O) groups excluding carboxylic acids is 2. The van der Waals surface area contributed by atoms with Gasteiger partial charge in [0.15, 0.2) is 6.61 Å². The van der Waals surface area contributed by atoms with E-state index >= 15 is 0 Å². The lowest BCUT2D eigenvalue weighted by Gasteiger charge is -2.10. The number of carbonyl (C=O) groups is 2. The number of hydrogen-bond donors (Lipinski definition) is 1. The van der Waals surface area contributed by atoms with Gasteiger partial charge in [-0.25, -0.2) is 4.79 Å². The lowest BCUT2D eigenvalue weighted by molar-refractivity contribution is -0.385. The molecule has 0 unspecified atom stereocenters. The van der Waals surface area contributed by atoms with Crippen molar-refractivity contribution in [1.82, 2.24) is 0 Å². The van der Waals surface area contributed by atoms with Crippen molar-refractivity contribution >= 4 is 23.3 Å². The van der Waals surface area contributed by atoms with Crippen molar-refractivity contribution < 1.29 is 19.2 Å². The van der Waals surface area contributed by atoms with E-state index in [0.717, 1.165) is 12.0 Å². The Kier molecular flexibility index (Phi) is 5.84. The molecule has 0 heterocycles. The summed E-state index contributed by atoms with van der Waals surface area (Å²) < 4.78 is 4.97. The third-order valence-electron chi connectivity index (χ3n) is 3.64. The zero-order chi connectivity index (χ0) is 18.4. The summed E-state index contributed by atoms with van der Waals surface area (Å²) in [6, 6.07) is 11.3. The lowest BCUT2D eigenvalue weighted by atomic mass is 10.1. The van der Waals surface area contributed by atoms with Gasteiger partial charge in [0.1, 0.15) is 0 Å². The lowest BCUT2D eigenvalue weighted by Crippen LogP contribution is -2.21. The molecule has 130 valence electrons. The number of nitro groups is 1. The average molecular weight is 342 g/mol. The highest BCUT2D eigenvalue weighted by molar-refractivity contribution is 5.96. The van der Waals surface area contributed by atoms with Gasteiger partial charge in [0.2, 0.25) is 0 Å². The molecule has 2 aromatic carbocycles. The summed E-state index contributed by atoms with van der Waals surface area (Å²) in [5.41, 5.74) is 2.08. The van der Waals surface area contributed by atoms with Gasteiger partial charge in [0, 0.05) is 17.3 Å². The zero-order valence-corrected chi connectivity index (χ0v) is 13.9. The molecule has 25 heavy (non-hydrogen) atoms. The Morgan fingerprint density at radius 2 is 1.92 bits per heavy atom. The van der Waals surface area contributed by atoms with Crippen molar-refractivity contribution in [2.45, 2.75) is 20.3 Å². The van der Waals surface area contributed by atoms with Crippen LogP contribution >= 0.6 is 0 Å². The number of amides is 1. The minimum atomic E-state index is -0.711. The van der Waals surface area contributed by atoms with Gasteiger partial charge in [-0.3, -0.25) is 14.9 Å². The first-order chi connectivity index (χ1) is 11.9. The number of ether oxygens (including phenoxy) is 1. The molecule has 0 atom stereocenters. The molecule has 0 saturated heterocycles. The Morgan fingerprint density at radius 1 is 1.20 bits per heavy atom. The molecule has 2 aromatic rings. The summed E-state index contributed by atoms with van der Waals surface area (Å²) >= 11 is 0. The van der Waals surface area contributed by atoms with Gasteiger partial charge in [-0.1, -0.05) is 25.1 Å². The van der Waals surface area contributed by atoms with E-state index < -0.39 is 23.4 Å². The Labute approximate surface area is 144 Å². The molecule has 0 aliphatic heterocycles. The van der Waals surface area contributed by atoms with Crippen LogP contribution in [-0.2, 0) is 16.0 Å². The van der Waals surface area contributed by atoms with Crippen LogP contribution in [0.15, 0.2) is 42.5 Å². The highest BCUT2D eigenvalue weighted by Gasteiger charge is 2.16. The molecule has 0 spiro atoms. The molecule has 0 saturated carbocycles. The highest BCUT2D eigenvalue weighted by Crippen LogP contribution is 2.19. The van der Waals surface area contributed by atoms with Crippen LogP contribution in [-0.4, -0.2) is 23.4 Å². The first kappa shape index (κ1) is 18.1. The smallest absolute Gasteiger partial charge is 0.338 e. The third-order valence-corrected chi connectivity index (χ3v) is 3.64. The normalized spacial score (nSPS) is 10.2. The molecule has 0 fully saturated rings. The van der Waals surface area contributed by atoms with E-state index in [9.17, 15) is 19.7 Å². The molecular formula is C18H18N2O5. The molecule has 1 N–H and O–H groups in total. The first-order valence-corrected chi connectivity index (χ1v) is 7.72. The van der Waals surface area contributed by atoms with Crippen LogP contribution in [0.2, 0.25) is 0 Å². The fourth-order valence-electron chi connectivity index (χ4n) is 2.34. The van der Waals surface area contributed by atoms with Crippen molar-refractivity contribution in [3.05, 3.63) is 69.3 Å². The van der Waals surface area contributed by atoms with Crippen LogP contribution in [0, 0.1) is 17.0 Å². The summed E-state index contributed by atoms with van der Waals surface area (Å²) in [5, 5.41) is 13.5. The van der Waals surface area contributed by atoms with Crippen LogP contribution in [0.25, 0.3) is 0 Å². The van der Waals surface area contributed by atoms with Crippen LogP contribution in [0.4, 0.5) is 11.4 Å². The van der Waals surface area contributed by atoms with Gasteiger partial charge in [0.05, 0.1) is 10.5 Å². The van der Waals surface area contributed by atoms with Crippen molar-refractivity contribution in [2.75, 3.05) is 11.9 Å². The summed E-state index contributed by atoms with van der Waals surface area (Å²) in [4.78, 5) is 34.2. The Balaban J connectivity index is 1.96. The molecule has 0 aliphatic carbocycles. The maximum atomic E-state index is 12.0. The number of nitrogens with one attached hydrogen (secondary N) is 1. The van der Waals surface area contributed by atoms with Crippen molar-refractivity contribution in [2.24, 2.45) is 0 Å². The number of hydrogen-bond acceptors (Lipinski definition) is 5. The maximum Gasteiger partial charge on any atom is 0.338 e. The van der Waals surface area contributed by atoms with E-state index in [2.05, 4.69) is 5.32 Å². The molecule has 1 amide bonds. The molecule has 0 bridgehead atoms. The van der Waals surface area contributed by atoms with Gasteiger partial charge in [-0.15, -0.1) is 0 Å². The number of para-hydroxylation sites is 1. The number of nitrogens with zero attached hydrogens (tertiary/aromatic N) is 1. The van der Waals surface area contributed by atoms with E-state index in [1.54, 1.807) is 12.1 Å². The van der Waals surface area contributed by atoms with Crippen molar-refractivity contribution in [3.63, 3.8) is 0 Å². The second kappa shape index (κ2) is 8.05. The first-order valence-electron chi connectivity index (χ1n) is 7.72. The Bertz CT molecular complexity index is 817. The standard InChI is InChI=1S/C18H18N2O5/c1-3-13-6-4-5-7-15(13)19-17(21)11-25-18(22)14-8-9-16(20(23)24)12(2)10-14/h4-10H,3,11H2,1-2H3,(H,19,21). The summed E-state index contributed by atoms with van der Waals surface area (Å²) in [6.45, 7) is 3.07. The maximum absolute atomic E-state index is 12.0.